The number of rotatable bonds is 4. The van der Waals surface area contributed by atoms with E-state index in [0.29, 0.717) is 5.76 Å². The first kappa shape index (κ1) is 14.0. The molecule has 1 aromatic heterocycles. The van der Waals surface area contributed by atoms with Crippen LogP contribution in [0.2, 0.25) is 0 Å². The predicted molar refractivity (Wildman–Crippen MR) is 71.5 cm³/mol. The molecule has 0 saturated heterocycles. The Bertz CT molecular complexity index is 532. The van der Waals surface area contributed by atoms with Crippen molar-refractivity contribution >= 4 is 26.0 Å². The Kier molecular flexibility index (Phi) is 3.87. The highest BCUT2D eigenvalue weighted by Crippen LogP contribution is 2.32. The van der Waals surface area contributed by atoms with E-state index in [4.69, 9.17) is 10.2 Å². The minimum atomic E-state index is -3.57. The van der Waals surface area contributed by atoms with Crippen LogP contribution in [0.15, 0.2) is 20.0 Å². The molecule has 102 valence electrons. The van der Waals surface area contributed by atoms with Crippen LogP contribution in [0.5, 0.6) is 0 Å². The molecule has 1 saturated carbocycles. The van der Waals surface area contributed by atoms with Gasteiger partial charge in [0.05, 0.1) is 6.54 Å². The van der Waals surface area contributed by atoms with Gasteiger partial charge in [-0.05, 0) is 35.7 Å². The second kappa shape index (κ2) is 4.96. The molecular weight excluding hydrogens is 320 g/mol. The van der Waals surface area contributed by atoms with Gasteiger partial charge in [-0.1, -0.05) is 12.8 Å². The fourth-order valence-electron chi connectivity index (χ4n) is 2.32. The van der Waals surface area contributed by atoms with E-state index in [0.717, 1.165) is 25.7 Å². The number of sulfonamides is 1. The standard InChI is InChI=1S/C11H17BrN2O3S/c1-11(4-2-3-5-11)14-18(15,16)9-6-8(7-13)17-10(9)12/h6,14H,2-5,7,13H2,1H3. The van der Waals surface area contributed by atoms with Crippen molar-refractivity contribution in [2.75, 3.05) is 0 Å². The van der Waals surface area contributed by atoms with Crippen LogP contribution in [-0.4, -0.2) is 14.0 Å². The lowest BCUT2D eigenvalue weighted by atomic mass is 10.0. The zero-order chi connectivity index (χ0) is 13.4. The third kappa shape index (κ3) is 2.79. The molecule has 1 aliphatic rings. The van der Waals surface area contributed by atoms with Gasteiger partial charge < -0.3 is 10.2 Å². The molecule has 0 aromatic carbocycles. The van der Waals surface area contributed by atoms with Gasteiger partial charge in [-0.3, -0.25) is 0 Å². The first-order chi connectivity index (χ1) is 8.36. The molecule has 0 atom stereocenters. The highest BCUT2D eigenvalue weighted by molar-refractivity contribution is 9.10. The van der Waals surface area contributed by atoms with Crippen molar-refractivity contribution in [2.24, 2.45) is 5.73 Å². The minimum absolute atomic E-state index is 0.121. The average molecular weight is 337 g/mol. The zero-order valence-electron chi connectivity index (χ0n) is 10.2. The summed E-state index contributed by atoms with van der Waals surface area (Å²) in [6.07, 6.45) is 3.84. The maximum absolute atomic E-state index is 12.3. The maximum Gasteiger partial charge on any atom is 0.245 e. The van der Waals surface area contributed by atoms with E-state index in [2.05, 4.69) is 20.7 Å². The molecule has 1 aliphatic carbocycles. The van der Waals surface area contributed by atoms with Crippen molar-refractivity contribution in [1.82, 2.24) is 4.72 Å². The van der Waals surface area contributed by atoms with Gasteiger partial charge in [0.25, 0.3) is 0 Å². The largest absolute Gasteiger partial charge is 0.452 e. The van der Waals surface area contributed by atoms with Gasteiger partial charge in [0.15, 0.2) is 4.67 Å². The first-order valence-corrected chi connectivity index (χ1v) is 8.16. The molecule has 1 aromatic rings. The van der Waals surface area contributed by atoms with Crippen LogP contribution in [0.3, 0.4) is 0 Å². The van der Waals surface area contributed by atoms with E-state index in [1.165, 1.54) is 6.07 Å². The van der Waals surface area contributed by atoms with Crippen molar-refractivity contribution in [3.05, 3.63) is 16.5 Å². The predicted octanol–water partition coefficient (Wildman–Crippen LogP) is 2.11. The summed E-state index contributed by atoms with van der Waals surface area (Å²) in [6, 6.07) is 1.46. The van der Waals surface area contributed by atoms with Crippen molar-refractivity contribution in [2.45, 2.75) is 49.6 Å². The van der Waals surface area contributed by atoms with Crippen molar-refractivity contribution < 1.29 is 12.8 Å². The summed E-state index contributed by atoms with van der Waals surface area (Å²) in [4.78, 5) is 0.121. The number of halogens is 1. The first-order valence-electron chi connectivity index (χ1n) is 5.89. The van der Waals surface area contributed by atoms with Crippen LogP contribution >= 0.6 is 15.9 Å². The SMILES string of the molecule is CC1(NS(=O)(=O)c2cc(CN)oc2Br)CCCC1. The van der Waals surface area contributed by atoms with Crippen LogP contribution in [-0.2, 0) is 16.6 Å². The summed E-state index contributed by atoms with van der Waals surface area (Å²) < 4.78 is 32.8. The second-order valence-corrected chi connectivity index (χ2v) is 7.30. The lowest BCUT2D eigenvalue weighted by Crippen LogP contribution is -2.43. The molecule has 7 heteroatoms. The van der Waals surface area contributed by atoms with Crippen LogP contribution in [0, 0.1) is 0 Å². The van der Waals surface area contributed by atoms with Gasteiger partial charge in [-0.25, -0.2) is 13.1 Å². The van der Waals surface area contributed by atoms with Crippen molar-refractivity contribution in [3.63, 3.8) is 0 Å². The second-order valence-electron chi connectivity index (χ2n) is 4.93. The van der Waals surface area contributed by atoms with Gasteiger partial charge in [0, 0.05) is 11.6 Å². The molecule has 0 amide bonds. The van der Waals surface area contributed by atoms with Gasteiger partial charge in [-0.2, -0.15) is 0 Å². The Hall–Kier alpha value is -0.370. The molecule has 5 nitrogen and oxygen atoms in total. The van der Waals surface area contributed by atoms with E-state index < -0.39 is 10.0 Å². The fourth-order valence-corrected chi connectivity index (χ4v) is 4.78. The monoisotopic (exact) mass is 336 g/mol. The van der Waals surface area contributed by atoms with E-state index in [-0.39, 0.29) is 21.6 Å². The molecule has 0 radical (unpaired) electrons. The van der Waals surface area contributed by atoms with Crippen molar-refractivity contribution in [1.29, 1.82) is 0 Å². The van der Waals surface area contributed by atoms with Gasteiger partial charge >= 0.3 is 0 Å². The Morgan fingerprint density at radius 2 is 2.11 bits per heavy atom. The number of nitrogens with two attached hydrogens (primary N) is 1. The molecule has 3 N–H and O–H groups in total. The van der Waals surface area contributed by atoms with Crippen LogP contribution in [0.4, 0.5) is 0 Å². The third-order valence-electron chi connectivity index (χ3n) is 3.29. The van der Waals surface area contributed by atoms with Gasteiger partial charge in [0.1, 0.15) is 10.7 Å². The van der Waals surface area contributed by atoms with Crippen LogP contribution in [0.1, 0.15) is 38.4 Å². The molecule has 18 heavy (non-hydrogen) atoms. The van der Waals surface area contributed by atoms with E-state index >= 15 is 0 Å². The third-order valence-corrected chi connectivity index (χ3v) is 5.78. The Morgan fingerprint density at radius 3 is 2.61 bits per heavy atom. The molecule has 1 heterocycles. The Morgan fingerprint density at radius 1 is 1.50 bits per heavy atom. The number of furan rings is 1. The Labute approximate surface area is 115 Å². The van der Waals surface area contributed by atoms with Crippen LogP contribution < -0.4 is 10.5 Å². The average Bonchev–Trinajstić information content (AvgIpc) is 2.84. The minimum Gasteiger partial charge on any atom is -0.452 e. The maximum atomic E-state index is 12.3. The smallest absolute Gasteiger partial charge is 0.245 e. The summed E-state index contributed by atoms with van der Waals surface area (Å²) in [5.74, 6) is 0.443. The number of hydrogen-bond donors (Lipinski definition) is 2. The number of nitrogens with one attached hydrogen (secondary N) is 1. The summed E-state index contributed by atoms with van der Waals surface area (Å²) in [7, 11) is -3.57. The molecule has 2 rings (SSSR count). The van der Waals surface area contributed by atoms with Gasteiger partial charge in [-0.15, -0.1) is 0 Å². The van der Waals surface area contributed by atoms with E-state index in [1.807, 2.05) is 6.92 Å². The van der Waals surface area contributed by atoms with Crippen molar-refractivity contribution in [3.8, 4) is 0 Å². The van der Waals surface area contributed by atoms with E-state index in [9.17, 15) is 8.42 Å². The molecule has 1 fully saturated rings. The fraction of sp³-hybridized carbons (Fsp3) is 0.636. The summed E-state index contributed by atoms with van der Waals surface area (Å²) in [5, 5.41) is 0. The van der Waals surface area contributed by atoms with Gasteiger partial charge in [0.2, 0.25) is 10.0 Å². The molecule has 0 spiro atoms. The topological polar surface area (TPSA) is 85.3 Å². The molecule has 0 unspecified atom stereocenters. The summed E-state index contributed by atoms with van der Waals surface area (Å²) in [6.45, 7) is 2.11. The van der Waals surface area contributed by atoms with Crippen LogP contribution in [0.25, 0.3) is 0 Å². The molecule has 0 aliphatic heterocycles. The summed E-state index contributed by atoms with van der Waals surface area (Å²) >= 11 is 3.12. The quantitative estimate of drug-likeness (QED) is 0.881. The summed E-state index contributed by atoms with van der Waals surface area (Å²) in [5.41, 5.74) is 5.09. The Balaban J connectivity index is 2.27. The van der Waals surface area contributed by atoms with E-state index in [1.54, 1.807) is 0 Å². The highest BCUT2D eigenvalue weighted by Gasteiger charge is 2.35. The normalized spacial score (nSPS) is 19.3. The highest BCUT2D eigenvalue weighted by atomic mass is 79.9. The number of hydrogen-bond acceptors (Lipinski definition) is 4. The molecule has 0 bridgehead atoms. The molecular formula is C11H17BrN2O3S. The zero-order valence-corrected chi connectivity index (χ0v) is 12.6. The lowest BCUT2D eigenvalue weighted by Gasteiger charge is -2.24. The lowest BCUT2D eigenvalue weighted by molar-refractivity contribution is 0.426.